The molecule has 0 saturated carbocycles. The minimum Gasteiger partial charge on any atom is -0.394 e. The van der Waals surface area contributed by atoms with Gasteiger partial charge in [-0.15, -0.1) is 0 Å². The van der Waals surface area contributed by atoms with Gasteiger partial charge in [-0.3, -0.25) is 0 Å². The molecule has 0 aromatic heterocycles. The van der Waals surface area contributed by atoms with Gasteiger partial charge in [-0.25, -0.2) is 0 Å². The van der Waals surface area contributed by atoms with Crippen LogP contribution in [0.3, 0.4) is 0 Å². The van der Waals surface area contributed by atoms with Crippen LogP contribution in [-0.4, -0.2) is 193 Å². The topological polar surface area (TPSA) is 293 Å². The number of aliphatic hydroxyl groups excluding tert-OH is 10. The molecule has 12 N–H and O–H groups in total. The van der Waals surface area contributed by atoms with Crippen molar-refractivity contribution in [2.24, 2.45) is 5.73 Å². The molecular weight excluding hydrogens is 622 g/mol. The van der Waals surface area contributed by atoms with Crippen LogP contribution in [0.5, 0.6) is 0 Å². The molecule has 270 valence electrons. The van der Waals surface area contributed by atoms with E-state index in [1.807, 2.05) is 6.92 Å². The van der Waals surface area contributed by atoms with Crippen LogP contribution in [0.25, 0.3) is 0 Å². The van der Waals surface area contributed by atoms with Gasteiger partial charge < -0.3 is 90.0 Å². The van der Waals surface area contributed by atoms with Crippen LogP contribution in [-0.2, 0) is 33.2 Å². The summed E-state index contributed by atoms with van der Waals surface area (Å²) in [5.74, 6) is 0. The zero-order chi connectivity index (χ0) is 34.0. The zero-order valence-corrected chi connectivity index (χ0v) is 26.0. The van der Waals surface area contributed by atoms with E-state index in [1.165, 1.54) is 6.92 Å². The van der Waals surface area contributed by atoms with Crippen molar-refractivity contribution < 1.29 is 84.2 Å². The van der Waals surface area contributed by atoms with Gasteiger partial charge in [0.25, 0.3) is 0 Å². The first-order valence-corrected chi connectivity index (χ1v) is 15.7. The summed E-state index contributed by atoms with van der Waals surface area (Å²) < 4.78 is 41.1. The fourth-order valence-electron chi connectivity index (χ4n) is 6.36. The van der Waals surface area contributed by atoms with Gasteiger partial charge in [-0.05, 0) is 26.7 Å². The van der Waals surface area contributed by atoms with Crippen molar-refractivity contribution in [3.05, 3.63) is 0 Å². The Balaban J connectivity index is 1.55. The minimum atomic E-state index is -1.78. The molecule has 18 nitrogen and oxygen atoms in total. The van der Waals surface area contributed by atoms with Gasteiger partial charge in [0.05, 0.1) is 43.7 Å². The number of ether oxygens (including phenoxy) is 7. The summed E-state index contributed by atoms with van der Waals surface area (Å²) in [7, 11) is 0. The highest BCUT2D eigenvalue weighted by Gasteiger charge is 2.53. The first-order chi connectivity index (χ1) is 21.7. The Morgan fingerprint density at radius 1 is 0.543 bits per heavy atom. The van der Waals surface area contributed by atoms with Gasteiger partial charge in [0.2, 0.25) is 0 Å². The van der Waals surface area contributed by atoms with Gasteiger partial charge in [0.15, 0.2) is 12.6 Å². The van der Waals surface area contributed by atoms with E-state index in [0.29, 0.717) is 6.42 Å². The molecular formula is C28H51NO17. The fourth-order valence-corrected chi connectivity index (χ4v) is 6.36. The standard InChI is InChI=1S/C28H51NO17/c1-4-11-15(29)25(40-6-5-12-18(34)20(36)16(32)9(2)41-12)24(14(8-31)43-11)45-28-26(22(38)19(35)13(7-30)44-28)46-27-23(39)21(37)17(33)10(3)42-27/h9-28,30-39H,4-8,29H2,1-3H3/t9?,10?,11?,12-,13?,14?,15?,16+,17+,18?,19-,20?,21?,22?,23?,24+,25?,26?,27-,28-/m0/s1. The average Bonchev–Trinajstić information content (AvgIpc) is 3.04. The van der Waals surface area contributed by atoms with E-state index < -0.39 is 136 Å². The highest BCUT2D eigenvalue weighted by atomic mass is 16.8. The smallest absolute Gasteiger partial charge is 0.187 e. The molecule has 4 saturated heterocycles. The average molecular weight is 674 g/mol. The molecule has 4 rings (SSSR count). The SMILES string of the molecule is CCC1OC(CO)[C@@H](O[C@@H]2OC(CO)[C@H](O)C(O)C2O[C@@H]2OC(C)[C@@H](O)C(O)C2O)C(OCC[C@@H]2OC(C)[C@@H](O)C(O)C2O)C1N. The van der Waals surface area contributed by atoms with Crippen molar-refractivity contribution >= 4 is 0 Å². The number of nitrogens with two attached hydrogens (primary N) is 1. The van der Waals surface area contributed by atoms with Crippen LogP contribution in [0.15, 0.2) is 0 Å². The van der Waals surface area contributed by atoms with E-state index in [4.69, 9.17) is 38.9 Å². The van der Waals surface area contributed by atoms with E-state index >= 15 is 0 Å². The van der Waals surface area contributed by atoms with Crippen molar-refractivity contribution in [3.8, 4) is 0 Å². The van der Waals surface area contributed by atoms with Crippen LogP contribution < -0.4 is 5.73 Å². The second-order valence-electron chi connectivity index (χ2n) is 12.4. The van der Waals surface area contributed by atoms with Gasteiger partial charge in [-0.1, -0.05) is 6.92 Å². The van der Waals surface area contributed by atoms with Crippen molar-refractivity contribution in [2.75, 3.05) is 19.8 Å². The van der Waals surface area contributed by atoms with E-state index in [9.17, 15) is 51.1 Å². The lowest BCUT2D eigenvalue weighted by atomic mass is 9.91. The number of hydrogen-bond acceptors (Lipinski definition) is 18. The summed E-state index contributed by atoms with van der Waals surface area (Å²) in [4.78, 5) is 0. The molecule has 0 spiro atoms. The zero-order valence-electron chi connectivity index (χ0n) is 26.0. The predicted molar refractivity (Wildman–Crippen MR) is 151 cm³/mol. The molecule has 0 radical (unpaired) electrons. The quantitative estimate of drug-likeness (QED) is 0.0973. The molecule has 4 fully saturated rings. The second-order valence-corrected chi connectivity index (χ2v) is 12.4. The lowest BCUT2D eigenvalue weighted by Gasteiger charge is -2.49. The van der Waals surface area contributed by atoms with Crippen molar-refractivity contribution in [1.29, 1.82) is 0 Å². The molecule has 0 bridgehead atoms. The Bertz CT molecular complexity index is 938. The maximum Gasteiger partial charge on any atom is 0.187 e. The lowest BCUT2D eigenvalue weighted by molar-refractivity contribution is -0.379. The molecule has 20 atom stereocenters. The summed E-state index contributed by atoms with van der Waals surface area (Å²) in [6.45, 7) is 3.40. The van der Waals surface area contributed by atoms with Crippen molar-refractivity contribution in [1.82, 2.24) is 0 Å². The first-order valence-electron chi connectivity index (χ1n) is 15.7. The summed E-state index contributed by atoms with van der Waals surface area (Å²) in [5.41, 5.74) is 6.53. The van der Waals surface area contributed by atoms with Gasteiger partial charge in [-0.2, -0.15) is 0 Å². The summed E-state index contributed by atoms with van der Waals surface area (Å²) in [6.07, 6.45) is -24.7. The maximum atomic E-state index is 11.0. The maximum absolute atomic E-state index is 11.0. The lowest BCUT2D eigenvalue weighted by Crippen LogP contribution is -2.67. The van der Waals surface area contributed by atoms with E-state index in [-0.39, 0.29) is 13.0 Å². The van der Waals surface area contributed by atoms with Crippen molar-refractivity contribution in [3.63, 3.8) is 0 Å². The predicted octanol–water partition coefficient (Wildman–Crippen LogP) is -5.83. The Morgan fingerprint density at radius 2 is 1.11 bits per heavy atom. The molecule has 4 aliphatic rings. The largest absolute Gasteiger partial charge is 0.394 e. The molecule has 46 heavy (non-hydrogen) atoms. The van der Waals surface area contributed by atoms with E-state index in [0.717, 1.165) is 0 Å². The third kappa shape index (κ3) is 7.85. The number of hydrogen-bond donors (Lipinski definition) is 11. The normalized spacial score (nSPS) is 52.0. The first kappa shape index (κ1) is 38.1. The Hall–Kier alpha value is -0.720. The highest BCUT2D eigenvalue weighted by Crippen LogP contribution is 2.34. The summed E-state index contributed by atoms with van der Waals surface area (Å²) in [5, 5.41) is 103. The fraction of sp³-hybridized carbons (Fsp3) is 1.00. The van der Waals surface area contributed by atoms with Crippen LogP contribution in [0, 0.1) is 0 Å². The molecule has 4 heterocycles. The summed E-state index contributed by atoms with van der Waals surface area (Å²) >= 11 is 0. The molecule has 0 aromatic rings. The molecule has 0 amide bonds. The Labute approximate surface area is 266 Å². The third-order valence-electron chi connectivity index (χ3n) is 9.31. The number of rotatable bonds is 11. The van der Waals surface area contributed by atoms with E-state index in [1.54, 1.807) is 6.92 Å². The summed E-state index contributed by atoms with van der Waals surface area (Å²) in [6, 6.07) is -0.838. The minimum absolute atomic E-state index is 0.0685. The monoisotopic (exact) mass is 673 g/mol. The van der Waals surface area contributed by atoms with Gasteiger partial charge in [0.1, 0.15) is 79.4 Å². The van der Waals surface area contributed by atoms with Crippen LogP contribution in [0.1, 0.15) is 33.6 Å². The Morgan fingerprint density at radius 3 is 1.72 bits per heavy atom. The Kier molecular flexibility index (Phi) is 13.5. The third-order valence-corrected chi connectivity index (χ3v) is 9.31. The van der Waals surface area contributed by atoms with E-state index in [2.05, 4.69) is 0 Å². The molecule has 4 aliphatic heterocycles. The molecule has 0 aliphatic carbocycles. The highest BCUT2D eigenvalue weighted by molar-refractivity contribution is 4.99. The van der Waals surface area contributed by atoms with Crippen LogP contribution in [0.2, 0.25) is 0 Å². The van der Waals surface area contributed by atoms with Crippen LogP contribution >= 0.6 is 0 Å². The van der Waals surface area contributed by atoms with Crippen LogP contribution in [0.4, 0.5) is 0 Å². The van der Waals surface area contributed by atoms with Crippen molar-refractivity contribution in [2.45, 2.75) is 156 Å². The second kappa shape index (κ2) is 16.3. The number of aliphatic hydroxyl groups is 10. The molecule has 0 aromatic carbocycles. The molecule has 13 unspecified atom stereocenters. The van der Waals surface area contributed by atoms with Gasteiger partial charge >= 0.3 is 0 Å². The molecule has 18 heteroatoms. The van der Waals surface area contributed by atoms with Gasteiger partial charge in [0, 0.05) is 6.61 Å².